The topological polar surface area (TPSA) is 37.3 Å². The van der Waals surface area contributed by atoms with Crippen LogP contribution in [0.2, 0.25) is 0 Å². The van der Waals surface area contributed by atoms with E-state index in [-0.39, 0.29) is 6.29 Å². The van der Waals surface area contributed by atoms with E-state index in [9.17, 15) is 4.79 Å². The molecule has 0 bridgehead atoms. The van der Waals surface area contributed by atoms with Crippen LogP contribution in [0.1, 0.15) is 1.37 Å². The molecule has 1 N–H and O–H groups in total. The molecule has 0 fully saturated rings. The van der Waals surface area contributed by atoms with Crippen LogP contribution in [-0.2, 0) is 4.79 Å². The Morgan fingerprint density at radius 2 is 3.50 bits per heavy atom. The third-order valence-corrected chi connectivity index (χ3v) is 0.0556. The molecule has 0 amide bonds. The van der Waals surface area contributed by atoms with E-state index in [2.05, 4.69) is 5.11 Å². The van der Waals surface area contributed by atoms with Gasteiger partial charge in [-0.2, -0.15) is 0 Å². The fourth-order valence-electron chi connectivity index (χ4n) is 0. The lowest BCUT2D eigenvalue weighted by atomic mass is 10.9. The van der Waals surface area contributed by atoms with E-state index in [0.717, 1.165) is 0 Å². The molecule has 0 rings (SSSR count). The zero-order valence-corrected chi connectivity index (χ0v) is 1.97. The molecule has 0 saturated heterocycles. The predicted molar refractivity (Wildman–Crippen MR) is 13.1 cm³/mol. The number of rotatable bonds is 2. The Bertz CT molecular complexity index is 46.8. The largest absolute Gasteiger partial charge is 0.389 e. The summed E-state index contributed by atoms with van der Waals surface area (Å²) in [6.45, 7) is -1.33. The zero-order valence-electron chi connectivity index (χ0n) is 3.97. The van der Waals surface area contributed by atoms with Crippen molar-refractivity contribution in [2.75, 3.05) is 6.58 Å². The van der Waals surface area contributed by atoms with E-state index in [1.165, 1.54) is 0 Å². The molecule has 24 valence electrons. The summed E-state index contributed by atoms with van der Waals surface area (Å²) in [7, 11) is 0. The minimum absolute atomic E-state index is 0.229. The van der Waals surface area contributed by atoms with Crippen LogP contribution in [0.15, 0.2) is 0 Å². The van der Waals surface area contributed by atoms with Gasteiger partial charge in [-0.15, -0.1) is 0 Å². The first kappa shape index (κ1) is 1.17. The summed E-state index contributed by atoms with van der Waals surface area (Å²) in [6.07, 6.45) is 0.229. The van der Waals surface area contributed by atoms with Gasteiger partial charge in [-0.3, -0.25) is 0 Å². The zero-order chi connectivity index (χ0) is 4.99. The highest BCUT2D eigenvalue weighted by Crippen LogP contribution is 1.27. The van der Waals surface area contributed by atoms with Crippen LogP contribution in [0.5, 0.6) is 0 Å². The number of carbonyl (C=O) groups excluding carboxylic acids is 1. The molecular weight excluding hydrogens is 56.0 g/mol. The fourth-order valence-corrected chi connectivity index (χ4v) is 0. The van der Waals surface area contributed by atoms with Crippen LogP contribution in [0.25, 0.3) is 0 Å². The average molecular weight is 64.1 g/mol. The molecule has 0 aliphatic heterocycles. The van der Waals surface area contributed by atoms with E-state index < -0.39 is 6.58 Å². The number of aldehydes is 1. The van der Waals surface area contributed by atoms with Crippen LogP contribution >= 0.6 is 0 Å². The van der Waals surface area contributed by atoms with Gasteiger partial charge < -0.3 is 9.90 Å². The van der Waals surface area contributed by atoms with Gasteiger partial charge in [0.15, 0.2) is 0 Å². The molecule has 4 heavy (non-hydrogen) atoms. The highest BCUT2D eigenvalue weighted by atomic mass is 16.3. The molecule has 0 aliphatic carbocycles. The van der Waals surface area contributed by atoms with Gasteiger partial charge in [0.2, 0.25) is 1.43 Å². The highest BCUT2D eigenvalue weighted by molar-refractivity contribution is 5.49. The first-order chi connectivity index (χ1) is 2.81. The molecule has 0 radical (unpaired) electrons. The summed E-state index contributed by atoms with van der Waals surface area (Å²) in [5, 5.41) is 3.45. The summed E-state index contributed by atoms with van der Waals surface area (Å²) in [5.41, 5.74) is 0. The second kappa shape index (κ2) is 2.63. The van der Waals surface area contributed by atoms with Crippen molar-refractivity contribution < 1.29 is 11.3 Å². The maximum Gasteiger partial charge on any atom is 0.211 e. The summed E-state index contributed by atoms with van der Waals surface area (Å²) in [4.78, 5) is 9.30. The summed E-state index contributed by atoms with van der Waals surface area (Å²) < 4.78 is 12.2. The van der Waals surface area contributed by atoms with E-state index in [0.29, 0.717) is 0 Å². The maximum atomic E-state index is 9.30. The van der Waals surface area contributed by atoms with Crippen LogP contribution in [-0.4, -0.2) is 19.4 Å². The first-order valence-corrected chi connectivity index (χ1v) is 0.805. The maximum absolute atomic E-state index is 9.30. The van der Waals surface area contributed by atoms with Gasteiger partial charge in [0, 0.05) is 0 Å². The van der Waals surface area contributed by atoms with Crippen molar-refractivity contribution in [2.24, 2.45) is 0 Å². The third-order valence-electron chi connectivity index (χ3n) is 0.0556. The standard InChI is InChI=1S/C2H4O2/c3-1-2-4/h1,4H,2H2/i2T,4T. The average Bonchev–Trinajstić information content (AvgIpc) is 1.65. The Morgan fingerprint density at radius 3 is 3.50 bits per heavy atom. The number of hydrogen-bond donors (Lipinski definition) is 1. The molecule has 1 atom stereocenters. The highest BCUT2D eigenvalue weighted by Gasteiger charge is 1.53. The molecule has 2 nitrogen and oxygen atoms in total. The van der Waals surface area contributed by atoms with Gasteiger partial charge in [-0.05, 0) is 0 Å². The van der Waals surface area contributed by atoms with Crippen molar-refractivity contribution in [1.29, 1.82) is 1.43 Å². The van der Waals surface area contributed by atoms with Crippen molar-refractivity contribution in [2.45, 2.75) is 0 Å². The van der Waals surface area contributed by atoms with Crippen molar-refractivity contribution in [3.8, 4) is 0 Å². The number of aliphatic hydroxyl groups is 1. The molecular formula is C2H4O2. The van der Waals surface area contributed by atoms with Gasteiger partial charge in [0.05, 0.1) is 7.95 Å². The Morgan fingerprint density at radius 1 is 2.75 bits per heavy atom. The second-order valence-electron chi connectivity index (χ2n) is 0.272. The smallest absolute Gasteiger partial charge is 0.211 e. The molecule has 1 unspecified atom stereocenters. The second-order valence-corrected chi connectivity index (χ2v) is 0.272. The fraction of sp³-hybridized carbons (Fsp3) is 0.500. The molecule has 0 aromatic carbocycles. The van der Waals surface area contributed by atoms with Crippen LogP contribution in [0.4, 0.5) is 0 Å². The van der Waals surface area contributed by atoms with Gasteiger partial charge in [-0.1, -0.05) is 0 Å². The number of carbonyl (C=O) groups is 1. The summed E-state index contributed by atoms with van der Waals surface area (Å²) in [5.74, 6) is 0. The SMILES string of the molecule is [3H]OC([3H])C=O. The van der Waals surface area contributed by atoms with Crippen LogP contribution < -0.4 is 0 Å². The van der Waals surface area contributed by atoms with Gasteiger partial charge >= 0.3 is 0 Å². The lowest BCUT2D eigenvalue weighted by molar-refractivity contribution is -0.110. The van der Waals surface area contributed by atoms with E-state index >= 15 is 0 Å². The van der Waals surface area contributed by atoms with Gasteiger partial charge in [-0.25, -0.2) is 0 Å². The number of aliphatic hydroxyl groups excluding tert-OH is 1. The lowest BCUT2D eigenvalue weighted by Crippen LogP contribution is -1.75. The Kier molecular flexibility index (Phi) is 0.770. The Balaban J connectivity index is 2.96. The van der Waals surface area contributed by atoms with Crippen molar-refractivity contribution in [3.63, 3.8) is 0 Å². The van der Waals surface area contributed by atoms with Crippen LogP contribution in [0, 0.1) is 0 Å². The quantitative estimate of drug-likeness (QED) is 0.426. The van der Waals surface area contributed by atoms with Crippen molar-refractivity contribution >= 4 is 6.29 Å². The van der Waals surface area contributed by atoms with Gasteiger partial charge in [0.1, 0.15) is 6.29 Å². The van der Waals surface area contributed by atoms with E-state index in [4.69, 9.17) is 2.80 Å². The van der Waals surface area contributed by atoms with Crippen LogP contribution in [0.3, 0.4) is 0 Å². The molecule has 0 aromatic rings. The number of hydrogen-bond acceptors (Lipinski definition) is 2. The molecule has 0 heterocycles. The van der Waals surface area contributed by atoms with Crippen molar-refractivity contribution in [3.05, 3.63) is 0 Å². The normalized spacial score (nSPS) is 21.0. The molecule has 0 saturated carbocycles. The molecule has 0 spiro atoms. The minimum Gasteiger partial charge on any atom is -0.389 e. The Hall–Kier alpha value is -0.370. The molecule has 0 aromatic heterocycles. The van der Waals surface area contributed by atoms with E-state index in [1.54, 1.807) is 0 Å². The molecule has 2 heteroatoms. The third kappa shape index (κ3) is 1.63. The summed E-state index contributed by atoms with van der Waals surface area (Å²) in [6, 6.07) is 0. The molecule has 0 aliphatic rings. The predicted octanol–water partition coefficient (Wildman–Crippen LogP) is -0.822. The van der Waals surface area contributed by atoms with Crippen molar-refractivity contribution in [1.82, 2.24) is 0 Å². The van der Waals surface area contributed by atoms with Gasteiger partial charge in [0.25, 0.3) is 0 Å². The Labute approximate surface area is 27.0 Å². The van der Waals surface area contributed by atoms with E-state index in [1.807, 2.05) is 0 Å². The summed E-state index contributed by atoms with van der Waals surface area (Å²) >= 11 is 0. The minimum atomic E-state index is -1.33. The lowest BCUT2D eigenvalue weighted by Gasteiger charge is -1.54. The monoisotopic (exact) mass is 64.0 g/mol. The first-order valence-electron chi connectivity index (χ1n) is 1.79.